The van der Waals surface area contributed by atoms with E-state index in [9.17, 15) is 0 Å². The van der Waals surface area contributed by atoms with Crippen molar-refractivity contribution in [2.45, 2.75) is 6.42 Å². The average molecular weight is 144 g/mol. The van der Waals surface area contributed by atoms with Gasteiger partial charge in [-0.25, -0.2) is 9.97 Å². The van der Waals surface area contributed by atoms with Crippen molar-refractivity contribution < 1.29 is 0 Å². The predicted molar refractivity (Wildman–Crippen MR) is 43.9 cm³/mol. The molecule has 0 saturated heterocycles. The molecule has 0 atom stereocenters. The molecule has 0 saturated carbocycles. The Kier molecular flexibility index (Phi) is 1.32. The van der Waals surface area contributed by atoms with Gasteiger partial charge in [0.05, 0.1) is 5.69 Å². The highest BCUT2D eigenvalue weighted by atomic mass is 14.8. The highest BCUT2D eigenvalue weighted by molar-refractivity contribution is 5.74. The van der Waals surface area contributed by atoms with E-state index in [-0.39, 0.29) is 0 Å². The molecule has 2 rings (SSSR count). The Morgan fingerprint density at radius 2 is 2.36 bits per heavy atom. The summed E-state index contributed by atoms with van der Waals surface area (Å²) in [6.45, 7) is 3.89. The van der Waals surface area contributed by atoms with Gasteiger partial charge >= 0.3 is 0 Å². The number of nitrogens with zero attached hydrogens (tertiary/aromatic N) is 2. The van der Waals surface area contributed by atoms with Crippen molar-refractivity contribution in [3.05, 3.63) is 42.5 Å². The second kappa shape index (κ2) is 2.31. The number of fused-ring (bicyclic) bond motifs is 1. The van der Waals surface area contributed by atoms with Crippen LogP contribution in [0, 0.1) is 0 Å². The van der Waals surface area contributed by atoms with Gasteiger partial charge in [0.15, 0.2) is 0 Å². The maximum atomic E-state index is 4.15. The van der Waals surface area contributed by atoms with Gasteiger partial charge in [0.1, 0.15) is 6.33 Å². The van der Waals surface area contributed by atoms with E-state index in [1.807, 2.05) is 12.3 Å². The molecule has 0 aromatic carbocycles. The van der Waals surface area contributed by atoms with Gasteiger partial charge in [-0.1, -0.05) is 18.7 Å². The number of hydrogen-bond acceptors (Lipinski definition) is 2. The zero-order valence-electron chi connectivity index (χ0n) is 6.12. The quantitative estimate of drug-likeness (QED) is 0.552. The van der Waals surface area contributed by atoms with E-state index in [1.54, 1.807) is 6.33 Å². The molecule has 1 aromatic rings. The number of hydrogen-bond donors (Lipinski definition) is 0. The molecule has 1 aromatic heterocycles. The standard InChI is InChI=1S/C9H8N2/c1-7-3-2-4-9-8(7)5-10-6-11-9/h2-3,5-6H,1,4H2. The number of aromatic nitrogens is 2. The Bertz CT molecular complexity index is 326. The first-order valence-electron chi connectivity index (χ1n) is 3.52. The van der Waals surface area contributed by atoms with Crippen molar-refractivity contribution in [3.63, 3.8) is 0 Å². The Morgan fingerprint density at radius 1 is 1.45 bits per heavy atom. The zero-order chi connectivity index (χ0) is 7.68. The molecule has 0 bridgehead atoms. The third-order valence-corrected chi connectivity index (χ3v) is 1.77. The lowest BCUT2D eigenvalue weighted by Crippen LogP contribution is -1.99. The van der Waals surface area contributed by atoms with Crippen molar-refractivity contribution in [1.29, 1.82) is 0 Å². The second-order valence-corrected chi connectivity index (χ2v) is 2.51. The van der Waals surface area contributed by atoms with Gasteiger partial charge in [-0.15, -0.1) is 0 Å². The van der Waals surface area contributed by atoms with Gasteiger partial charge in [0.25, 0.3) is 0 Å². The van der Waals surface area contributed by atoms with Gasteiger partial charge in [0.2, 0.25) is 0 Å². The first-order chi connectivity index (χ1) is 5.38. The Balaban J connectivity index is 2.59. The van der Waals surface area contributed by atoms with Crippen LogP contribution in [0.2, 0.25) is 0 Å². The van der Waals surface area contributed by atoms with E-state index in [4.69, 9.17) is 0 Å². The predicted octanol–water partition coefficient (Wildman–Crippen LogP) is 1.60. The molecule has 1 aliphatic carbocycles. The molecule has 1 aliphatic rings. The summed E-state index contributed by atoms with van der Waals surface area (Å²) >= 11 is 0. The van der Waals surface area contributed by atoms with E-state index in [2.05, 4.69) is 22.6 Å². The third kappa shape index (κ3) is 0.963. The highest BCUT2D eigenvalue weighted by Crippen LogP contribution is 2.20. The maximum Gasteiger partial charge on any atom is 0.115 e. The van der Waals surface area contributed by atoms with Crippen LogP contribution in [0.25, 0.3) is 5.57 Å². The minimum absolute atomic E-state index is 0.900. The van der Waals surface area contributed by atoms with Gasteiger partial charge in [-0.3, -0.25) is 0 Å². The fourth-order valence-corrected chi connectivity index (χ4v) is 1.19. The normalized spacial score (nSPS) is 14.7. The van der Waals surface area contributed by atoms with Gasteiger partial charge in [-0.05, 0) is 5.57 Å². The van der Waals surface area contributed by atoms with E-state index in [1.165, 1.54) is 0 Å². The van der Waals surface area contributed by atoms with Crippen molar-refractivity contribution in [2.24, 2.45) is 0 Å². The zero-order valence-corrected chi connectivity index (χ0v) is 6.12. The third-order valence-electron chi connectivity index (χ3n) is 1.77. The Hall–Kier alpha value is -1.44. The summed E-state index contributed by atoms with van der Waals surface area (Å²) in [7, 11) is 0. The summed E-state index contributed by atoms with van der Waals surface area (Å²) in [5, 5.41) is 0. The van der Waals surface area contributed by atoms with Gasteiger partial charge in [-0.2, -0.15) is 0 Å². The van der Waals surface area contributed by atoms with E-state index >= 15 is 0 Å². The average Bonchev–Trinajstić information content (AvgIpc) is 2.06. The van der Waals surface area contributed by atoms with Crippen LogP contribution in [0.5, 0.6) is 0 Å². The molecule has 54 valence electrons. The minimum Gasteiger partial charge on any atom is -0.244 e. The van der Waals surface area contributed by atoms with E-state index in [0.717, 1.165) is 23.3 Å². The molecule has 0 amide bonds. The van der Waals surface area contributed by atoms with Crippen LogP contribution in [-0.4, -0.2) is 9.97 Å². The van der Waals surface area contributed by atoms with Crippen LogP contribution < -0.4 is 0 Å². The van der Waals surface area contributed by atoms with Gasteiger partial charge in [0, 0.05) is 18.2 Å². The summed E-state index contributed by atoms with van der Waals surface area (Å²) in [5.74, 6) is 0. The van der Waals surface area contributed by atoms with E-state index < -0.39 is 0 Å². The van der Waals surface area contributed by atoms with Crippen LogP contribution >= 0.6 is 0 Å². The summed E-state index contributed by atoms with van der Waals surface area (Å²) < 4.78 is 0. The smallest absolute Gasteiger partial charge is 0.115 e. The van der Waals surface area contributed by atoms with Crippen molar-refractivity contribution >= 4 is 5.57 Å². The minimum atomic E-state index is 0.900. The molecule has 0 radical (unpaired) electrons. The fraction of sp³-hybridized carbons (Fsp3) is 0.111. The van der Waals surface area contributed by atoms with Crippen LogP contribution in [0.4, 0.5) is 0 Å². The molecule has 1 heterocycles. The summed E-state index contributed by atoms with van der Waals surface area (Å²) in [6, 6.07) is 0. The molecule has 11 heavy (non-hydrogen) atoms. The molecule has 0 unspecified atom stereocenters. The van der Waals surface area contributed by atoms with Crippen molar-refractivity contribution in [2.75, 3.05) is 0 Å². The first kappa shape index (κ1) is 6.28. The molecule has 0 spiro atoms. The molecular weight excluding hydrogens is 136 g/mol. The highest BCUT2D eigenvalue weighted by Gasteiger charge is 2.07. The SMILES string of the molecule is C=C1C=CCc2ncncc21. The molecular formula is C9H8N2. The fourth-order valence-electron chi connectivity index (χ4n) is 1.19. The topological polar surface area (TPSA) is 25.8 Å². The Labute approximate surface area is 65.3 Å². The van der Waals surface area contributed by atoms with Crippen LogP contribution in [0.3, 0.4) is 0 Å². The second-order valence-electron chi connectivity index (χ2n) is 2.51. The van der Waals surface area contributed by atoms with Gasteiger partial charge < -0.3 is 0 Å². The first-order valence-corrected chi connectivity index (χ1v) is 3.52. The van der Waals surface area contributed by atoms with Crippen molar-refractivity contribution in [1.82, 2.24) is 9.97 Å². The Morgan fingerprint density at radius 3 is 3.18 bits per heavy atom. The van der Waals surface area contributed by atoms with E-state index in [0.29, 0.717) is 0 Å². The monoisotopic (exact) mass is 144 g/mol. The van der Waals surface area contributed by atoms with Crippen LogP contribution in [0.15, 0.2) is 31.3 Å². The lowest BCUT2D eigenvalue weighted by molar-refractivity contribution is 1.03. The lowest BCUT2D eigenvalue weighted by atomic mass is 10.0. The molecule has 2 heteroatoms. The summed E-state index contributed by atoms with van der Waals surface area (Å²) in [4.78, 5) is 8.09. The molecule has 2 nitrogen and oxygen atoms in total. The summed E-state index contributed by atoms with van der Waals surface area (Å²) in [5.41, 5.74) is 3.16. The van der Waals surface area contributed by atoms with Crippen LogP contribution in [0.1, 0.15) is 11.3 Å². The van der Waals surface area contributed by atoms with Crippen molar-refractivity contribution in [3.8, 4) is 0 Å². The van der Waals surface area contributed by atoms with Crippen LogP contribution in [-0.2, 0) is 6.42 Å². The largest absolute Gasteiger partial charge is 0.244 e. The molecule has 0 aliphatic heterocycles. The number of allylic oxidation sites excluding steroid dienone is 3. The number of rotatable bonds is 0. The lowest BCUT2D eigenvalue weighted by Gasteiger charge is -2.09. The molecule has 0 fully saturated rings. The maximum absolute atomic E-state index is 4.15. The molecule has 0 N–H and O–H groups in total. The summed E-state index contributed by atoms with van der Waals surface area (Å²) in [6.07, 6.45) is 8.36.